The van der Waals surface area contributed by atoms with Crippen LogP contribution in [0.25, 0.3) is 0 Å². The third-order valence-electron chi connectivity index (χ3n) is 2.56. The minimum absolute atomic E-state index is 0.0817. The van der Waals surface area contributed by atoms with E-state index in [-0.39, 0.29) is 11.9 Å². The molecule has 0 bridgehead atoms. The lowest BCUT2D eigenvalue weighted by Gasteiger charge is -2.18. The fourth-order valence-electron chi connectivity index (χ4n) is 1.84. The zero-order valence-electron chi connectivity index (χ0n) is 10.7. The third kappa shape index (κ3) is 6.01. The maximum absolute atomic E-state index is 11.9. The number of hydrogen-bond acceptors (Lipinski definition) is 1. The third-order valence-corrected chi connectivity index (χ3v) is 3.84. The van der Waals surface area contributed by atoms with Gasteiger partial charge in [-0.15, -0.1) is 0 Å². The quantitative estimate of drug-likeness (QED) is 0.749. The van der Waals surface area contributed by atoms with Crippen molar-refractivity contribution >= 4 is 37.8 Å². The number of benzene rings is 1. The first kappa shape index (κ1) is 15.7. The minimum atomic E-state index is 0.0817. The Kier molecular flexibility index (Phi) is 6.94. The van der Waals surface area contributed by atoms with Gasteiger partial charge in [0, 0.05) is 15.8 Å². The topological polar surface area (TPSA) is 29.1 Å². The zero-order chi connectivity index (χ0) is 13.5. The van der Waals surface area contributed by atoms with E-state index in [0.29, 0.717) is 12.3 Å². The lowest BCUT2D eigenvalue weighted by atomic mass is 10.0. The molecule has 1 atom stereocenters. The summed E-state index contributed by atoms with van der Waals surface area (Å²) in [6.07, 6.45) is 1.43. The molecular weight excluding hydrogens is 358 g/mol. The van der Waals surface area contributed by atoms with E-state index in [2.05, 4.69) is 51.0 Å². The number of hydrogen-bond donors (Lipinski definition) is 1. The summed E-state index contributed by atoms with van der Waals surface area (Å²) >= 11 is 6.86. The molecule has 0 aromatic heterocycles. The molecule has 0 fully saturated rings. The predicted molar refractivity (Wildman–Crippen MR) is 83.0 cm³/mol. The molecule has 0 spiro atoms. The first-order chi connectivity index (χ1) is 8.51. The van der Waals surface area contributed by atoms with Gasteiger partial charge >= 0.3 is 0 Å². The van der Waals surface area contributed by atoms with Gasteiger partial charge in [-0.1, -0.05) is 57.8 Å². The Morgan fingerprint density at radius 1 is 1.39 bits per heavy atom. The van der Waals surface area contributed by atoms with Gasteiger partial charge in [-0.05, 0) is 30.0 Å². The van der Waals surface area contributed by atoms with Gasteiger partial charge in [0.15, 0.2) is 0 Å². The van der Waals surface area contributed by atoms with E-state index < -0.39 is 0 Å². The molecule has 4 heteroatoms. The van der Waals surface area contributed by atoms with Crippen molar-refractivity contribution in [1.82, 2.24) is 5.32 Å². The highest BCUT2D eigenvalue weighted by molar-refractivity contribution is 9.10. The van der Waals surface area contributed by atoms with Crippen LogP contribution in [-0.4, -0.2) is 17.3 Å². The minimum Gasteiger partial charge on any atom is -0.352 e. The molecule has 1 rings (SSSR count). The average Bonchev–Trinajstić information content (AvgIpc) is 2.27. The molecule has 1 aromatic rings. The number of rotatable bonds is 6. The molecular formula is C14H19Br2NO. The molecule has 1 aromatic carbocycles. The van der Waals surface area contributed by atoms with Crippen LogP contribution in [0.3, 0.4) is 0 Å². The summed E-state index contributed by atoms with van der Waals surface area (Å²) in [4.78, 5) is 11.9. The number of nitrogens with one attached hydrogen (secondary N) is 1. The Morgan fingerprint density at radius 2 is 2.11 bits per heavy atom. The van der Waals surface area contributed by atoms with Crippen LogP contribution in [0.2, 0.25) is 0 Å². The summed E-state index contributed by atoms with van der Waals surface area (Å²) in [7, 11) is 0. The van der Waals surface area contributed by atoms with Gasteiger partial charge < -0.3 is 5.32 Å². The SMILES string of the molecule is CC(C)CC(CBr)NC(=O)Cc1cccc(Br)c1. The summed E-state index contributed by atoms with van der Waals surface area (Å²) in [5.74, 6) is 0.664. The van der Waals surface area contributed by atoms with Crippen molar-refractivity contribution in [3.8, 4) is 0 Å². The van der Waals surface area contributed by atoms with Crippen molar-refractivity contribution in [2.45, 2.75) is 32.7 Å². The molecule has 1 unspecified atom stereocenters. The van der Waals surface area contributed by atoms with Crippen molar-refractivity contribution in [3.05, 3.63) is 34.3 Å². The monoisotopic (exact) mass is 375 g/mol. The van der Waals surface area contributed by atoms with E-state index in [0.717, 1.165) is 21.8 Å². The first-order valence-corrected chi connectivity index (χ1v) is 8.02. The molecule has 1 amide bonds. The smallest absolute Gasteiger partial charge is 0.224 e. The lowest BCUT2D eigenvalue weighted by molar-refractivity contribution is -0.121. The maximum atomic E-state index is 11.9. The summed E-state index contributed by atoms with van der Waals surface area (Å²) in [5.41, 5.74) is 1.03. The van der Waals surface area contributed by atoms with Gasteiger partial charge in [-0.3, -0.25) is 4.79 Å². The van der Waals surface area contributed by atoms with Gasteiger partial charge in [0.25, 0.3) is 0 Å². The van der Waals surface area contributed by atoms with Crippen LogP contribution in [-0.2, 0) is 11.2 Å². The van der Waals surface area contributed by atoms with Crippen LogP contribution in [0.5, 0.6) is 0 Å². The van der Waals surface area contributed by atoms with Crippen molar-refractivity contribution in [3.63, 3.8) is 0 Å². The Bertz CT molecular complexity index is 393. The van der Waals surface area contributed by atoms with E-state index in [9.17, 15) is 4.79 Å². The van der Waals surface area contributed by atoms with Crippen LogP contribution in [0.4, 0.5) is 0 Å². The molecule has 0 heterocycles. The van der Waals surface area contributed by atoms with Crippen LogP contribution in [0, 0.1) is 5.92 Å². The largest absolute Gasteiger partial charge is 0.352 e. The molecule has 1 N–H and O–H groups in total. The van der Waals surface area contributed by atoms with Gasteiger partial charge in [-0.2, -0.15) is 0 Å². The molecule has 0 aliphatic heterocycles. The Morgan fingerprint density at radius 3 is 2.67 bits per heavy atom. The highest BCUT2D eigenvalue weighted by atomic mass is 79.9. The van der Waals surface area contributed by atoms with Crippen molar-refractivity contribution < 1.29 is 4.79 Å². The fourth-order valence-corrected chi connectivity index (χ4v) is 2.71. The highest BCUT2D eigenvalue weighted by Crippen LogP contribution is 2.12. The Balaban J connectivity index is 2.50. The van der Waals surface area contributed by atoms with Crippen LogP contribution >= 0.6 is 31.9 Å². The van der Waals surface area contributed by atoms with Gasteiger partial charge in [0.1, 0.15) is 0 Å². The fraction of sp³-hybridized carbons (Fsp3) is 0.500. The molecule has 100 valence electrons. The molecule has 2 nitrogen and oxygen atoms in total. The highest BCUT2D eigenvalue weighted by Gasteiger charge is 2.13. The molecule has 0 saturated carbocycles. The standard InChI is InChI=1S/C14H19Br2NO/c1-10(2)6-13(9-15)17-14(18)8-11-4-3-5-12(16)7-11/h3-5,7,10,13H,6,8-9H2,1-2H3,(H,17,18). The second kappa shape index (κ2) is 7.95. The number of carbonyl (C=O) groups excluding carboxylic acids is 1. The van der Waals surface area contributed by atoms with Crippen LogP contribution < -0.4 is 5.32 Å². The van der Waals surface area contributed by atoms with E-state index in [1.165, 1.54) is 0 Å². The zero-order valence-corrected chi connectivity index (χ0v) is 13.9. The van der Waals surface area contributed by atoms with E-state index in [4.69, 9.17) is 0 Å². The van der Waals surface area contributed by atoms with E-state index in [1.807, 2.05) is 24.3 Å². The van der Waals surface area contributed by atoms with Crippen molar-refractivity contribution in [1.29, 1.82) is 0 Å². The van der Waals surface area contributed by atoms with Crippen molar-refractivity contribution in [2.75, 3.05) is 5.33 Å². The van der Waals surface area contributed by atoms with Gasteiger partial charge in [0.05, 0.1) is 6.42 Å². The first-order valence-electron chi connectivity index (χ1n) is 6.11. The maximum Gasteiger partial charge on any atom is 0.224 e. The Labute approximate surface area is 126 Å². The number of halogens is 2. The van der Waals surface area contributed by atoms with Gasteiger partial charge in [-0.25, -0.2) is 0 Å². The normalized spacial score (nSPS) is 12.5. The van der Waals surface area contributed by atoms with Crippen LogP contribution in [0.1, 0.15) is 25.8 Å². The van der Waals surface area contributed by atoms with Crippen LogP contribution in [0.15, 0.2) is 28.7 Å². The summed E-state index contributed by atoms with van der Waals surface area (Å²) < 4.78 is 1.01. The number of amides is 1. The Hall–Kier alpha value is -0.350. The lowest BCUT2D eigenvalue weighted by Crippen LogP contribution is -2.37. The molecule has 0 radical (unpaired) electrons. The second-order valence-electron chi connectivity index (χ2n) is 4.85. The predicted octanol–water partition coefficient (Wildman–Crippen LogP) is 3.92. The summed E-state index contributed by atoms with van der Waals surface area (Å²) in [5, 5.41) is 3.87. The molecule has 0 aliphatic carbocycles. The van der Waals surface area contributed by atoms with E-state index >= 15 is 0 Å². The molecule has 0 aliphatic rings. The van der Waals surface area contributed by atoms with Crippen molar-refractivity contribution in [2.24, 2.45) is 5.92 Å². The summed E-state index contributed by atoms with van der Waals surface area (Å²) in [6, 6.07) is 8.07. The number of alkyl halides is 1. The average molecular weight is 377 g/mol. The van der Waals surface area contributed by atoms with Gasteiger partial charge in [0.2, 0.25) is 5.91 Å². The second-order valence-corrected chi connectivity index (χ2v) is 6.42. The molecule has 0 saturated heterocycles. The molecule has 18 heavy (non-hydrogen) atoms. The van der Waals surface area contributed by atoms with E-state index in [1.54, 1.807) is 0 Å². The number of carbonyl (C=O) groups is 1. The summed E-state index contributed by atoms with van der Waals surface area (Å²) in [6.45, 7) is 4.33.